The average Bonchev–Trinajstić information content (AvgIpc) is 2.26. The third-order valence-corrected chi connectivity index (χ3v) is 2.98. The fourth-order valence-electron chi connectivity index (χ4n) is 1.08. The molecular weight excluding hydrogens is 198 g/mol. The van der Waals surface area contributed by atoms with Crippen molar-refractivity contribution in [2.24, 2.45) is 0 Å². The number of hydrogen-bond donors (Lipinski definition) is 1. The summed E-state index contributed by atoms with van der Waals surface area (Å²) in [7, 11) is -4.07. The van der Waals surface area contributed by atoms with Gasteiger partial charge < -0.3 is 5.11 Å². The lowest BCUT2D eigenvalue weighted by Crippen LogP contribution is -2.37. The Morgan fingerprint density at radius 2 is 2.38 bits per heavy atom. The van der Waals surface area contributed by atoms with Crippen LogP contribution in [-0.2, 0) is 14.5 Å². The van der Waals surface area contributed by atoms with Gasteiger partial charge in [0.2, 0.25) is 0 Å². The van der Waals surface area contributed by atoms with Gasteiger partial charge in [-0.25, -0.2) is 4.79 Å². The number of nitrogens with zero attached hydrogens (tertiary/aromatic N) is 1. The van der Waals surface area contributed by atoms with Gasteiger partial charge in [0.25, 0.3) is 0 Å². The molecule has 0 aliphatic carbocycles. The Morgan fingerprint density at radius 1 is 1.77 bits per heavy atom. The van der Waals surface area contributed by atoms with Crippen molar-refractivity contribution in [3.05, 3.63) is 12.7 Å². The maximum Gasteiger partial charge on any atom is 0.423 e. The standard InChI is InChI=1S/C6H9NO5S/c1-2-3-5-4-12-13(10,11)7(5)6(8)9/h2,5H,1,3-4H2,(H,8,9)/t5-/m1/s1. The Kier molecular flexibility index (Phi) is 2.58. The van der Waals surface area contributed by atoms with Crippen LogP contribution in [0.5, 0.6) is 0 Å². The number of rotatable bonds is 2. The third kappa shape index (κ3) is 1.81. The SMILES string of the molecule is C=CC[C@@H]1COS(=O)(=O)N1C(=O)O. The Labute approximate surface area is 75.7 Å². The van der Waals surface area contributed by atoms with Crippen molar-refractivity contribution < 1.29 is 22.5 Å². The molecule has 0 aromatic heterocycles. The predicted octanol–water partition coefficient (Wildman–Crippen LogP) is 0.186. The molecule has 7 heteroatoms. The van der Waals surface area contributed by atoms with Gasteiger partial charge in [0.05, 0.1) is 12.6 Å². The second-order valence-corrected chi connectivity index (χ2v) is 3.98. The first kappa shape index (κ1) is 10.0. The summed E-state index contributed by atoms with van der Waals surface area (Å²) in [6, 6.07) is -0.681. The highest BCUT2D eigenvalue weighted by molar-refractivity contribution is 7.85. The van der Waals surface area contributed by atoms with E-state index in [0.717, 1.165) is 0 Å². The summed E-state index contributed by atoms with van der Waals surface area (Å²) in [5.41, 5.74) is 0. The van der Waals surface area contributed by atoms with Crippen LogP contribution < -0.4 is 0 Å². The van der Waals surface area contributed by atoms with Crippen molar-refractivity contribution in [2.45, 2.75) is 12.5 Å². The van der Waals surface area contributed by atoms with E-state index in [1.807, 2.05) is 0 Å². The Morgan fingerprint density at radius 3 is 2.85 bits per heavy atom. The Balaban J connectivity index is 2.92. The molecule has 0 aromatic rings. The van der Waals surface area contributed by atoms with Gasteiger partial charge in [0.1, 0.15) is 0 Å². The van der Waals surface area contributed by atoms with E-state index >= 15 is 0 Å². The molecule has 0 unspecified atom stereocenters. The van der Waals surface area contributed by atoms with Gasteiger partial charge in [0, 0.05) is 0 Å². The molecule has 6 nitrogen and oxygen atoms in total. The summed E-state index contributed by atoms with van der Waals surface area (Å²) in [4.78, 5) is 10.5. The van der Waals surface area contributed by atoms with Crippen LogP contribution in [0.3, 0.4) is 0 Å². The Hall–Kier alpha value is -1.08. The summed E-state index contributed by atoms with van der Waals surface area (Å²) in [6.45, 7) is 3.26. The van der Waals surface area contributed by atoms with Gasteiger partial charge in [-0.2, -0.15) is 12.7 Å². The van der Waals surface area contributed by atoms with Gasteiger partial charge in [-0.3, -0.25) is 4.18 Å². The first-order valence-corrected chi connectivity index (χ1v) is 4.88. The van der Waals surface area contributed by atoms with Crippen molar-refractivity contribution in [3.8, 4) is 0 Å². The van der Waals surface area contributed by atoms with Crippen LogP contribution in [0.25, 0.3) is 0 Å². The number of amides is 1. The summed E-state index contributed by atoms with van der Waals surface area (Å²) in [6.07, 6.45) is 0.181. The zero-order valence-electron chi connectivity index (χ0n) is 6.71. The summed E-state index contributed by atoms with van der Waals surface area (Å²) < 4.78 is 26.6. The summed E-state index contributed by atoms with van der Waals surface area (Å²) >= 11 is 0. The molecule has 1 atom stereocenters. The molecule has 74 valence electrons. The van der Waals surface area contributed by atoms with Gasteiger partial charge in [-0.05, 0) is 6.42 Å². The Bertz CT molecular complexity index is 322. The van der Waals surface area contributed by atoms with E-state index in [-0.39, 0.29) is 13.0 Å². The number of carbonyl (C=O) groups is 1. The molecule has 1 amide bonds. The van der Waals surface area contributed by atoms with Crippen LogP contribution in [0.4, 0.5) is 4.79 Å². The first-order chi connectivity index (χ1) is 5.99. The van der Waals surface area contributed by atoms with Crippen molar-refractivity contribution in [3.63, 3.8) is 0 Å². The van der Waals surface area contributed by atoms with E-state index in [1.165, 1.54) is 6.08 Å². The second kappa shape index (κ2) is 3.35. The highest BCUT2D eigenvalue weighted by Crippen LogP contribution is 2.21. The van der Waals surface area contributed by atoms with Crippen molar-refractivity contribution in [1.82, 2.24) is 4.31 Å². The smallest absolute Gasteiger partial charge is 0.423 e. The molecule has 0 bridgehead atoms. The minimum absolute atomic E-state index is 0.138. The highest BCUT2D eigenvalue weighted by Gasteiger charge is 2.41. The number of carboxylic acid groups (broad SMARTS) is 1. The molecule has 1 N–H and O–H groups in total. The molecule has 0 saturated carbocycles. The van der Waals surface area contributed by atoms with Crippen LogP contribution >= 0.6 is 0 Å². The molecule has 0 spiro atoms. The normalized spacial score (nSPS) is 25.8. The zero-order valence-corrected chi connectivity index (χ0v) is 7.53. The fourth-order valence-corrected chi connectivity index (χ4v) is 2.23. The molecule has 0 aromatic carbocycles. The van der Waals surface area contributed by atoms with Crippen LogP contribution in [0.2, 0.25) is 0 Å². The molecular formula is C6H9NO5S. The van der Waals surface area contributed by atoms with E-state index in [2.05, 4.69) is 10.8 Å². The van der Waals surface area contributed by atoms with E-state index in [4.69, 9.17) is 5.11 Å². The molecule has 1 saturated heterocycles. The van der Waals surface area contributed by atoms with Crippen LogP contribution in [0.1, 0.15) is 6.42 Å². The van der Waals surface area contributed by atoms with Crippen molar-refractivity contribution in [2.75, 3.05) is 6.61 Å². The molecule has 13 heavy (non-hydrogen) atoms. The van der Waals surface area contributed by atoms with Gasteiger partial charge in [-0.1, -0.05) is 6.08 Å². The first-order valence-electron chi connectivity index (χ1n) is 3.51. The van der Waals surface area contributed by atoms with Crippen molar-refractivity contribution >= 4 is 16.4 Å². The van der Waals surface area contributed by atoms with E-state index in [9.17, 15) is 13.2 Å². The maximum atomic E-state index is 11.0. The molecule has 1 fully saturated rings. The molecule has 1 heterocycles. The predicted molar refractivity (Wildman–Crippen MR) is 43.3 cm³/mol. The lowest BCUT2D eigenvalue weighted by molar-refractivity contribution is 0.164. The fraction of sp³-hybridized carbons (Fsp3) is 0.500. The molecule has 1 aliphatic heterocycles. The van der Waals surface area contributed by atoms with Gasteiger partial charge in [0.15, 0.2) is 0 Å². The molecule has 1 rings (SSSR count). The highest BCUT2D eigenvalue weighted by atomic mass is 32.2. The van der Waals surface area contributed by atoms with Crippen LogP contribution in [0.15, 0.2) is 12.7 Å². The quantitative estimate of drug-likeness (QED) is 0.653. The zero-order chi connectivity index (χ0) is 10.1. The van der Waals surface area contributed by atoms with E-state index < -0.39 is 22.4 Å². The monoisotopic (exact) mass is 207 g/mol. The van der Waals surface area contributed by atoms with Crippen LogP contribution in [0, 0.1) is 0 Å². The van der Waals surface area contributed by atoms with Crippen molar-refractivity contribution in [1.29, 1.82) is 0 Å². The lowest BCUT2D eigenvalue weighted by atomic mass is 10.2. The topological polar surface area (TPSA) is 83.9 Å². The number of hydrogen-bond acceptors (Lipinski definition) is 4. The van der Waals surface area contributed by atoms with Crippen LogP contribution in [-0.4, -0.2) is 36.6 Å². The average molecular weight is 207 g/mol. The summed E-state index contributed by atoms with van der Waals surface area (Å²) in [5, 5.41) is 8.58. The minimum atomic E-state index is -4.07. The van der Waals surface area contributed by atoms with Gasteiger partial charge >= 0.3 is 16.4 Å². The van der Waals surface area contributed by atoms with E-state index in [1.54, 1.807) is 0 Å². The second-order valence-electron chi connectivity index (χ2n) is 2.50. The van der Waals surface area contributed by atoms with E-state index in [0.29, 0.717) is 4.31 Å². The third-order valence-electron chi connectivity index (χ3n) is 1.61. The molecule has 0 radical (unpaired) electrons. The largest absolute Gasteiger partial charge is 0.464 e. The lowest BCUT2D eigenvalue weighted by Gasteiger charge is -2.14. The molecule has 1 aliphatic rings. The minimum Gasteiger partial charge on any atom is -0.464 e. The maximum absolute atomic E-state index is 11.0. The van der Waals surface area contributed by atoms with Gasteiger partial charge in [-0.15, -0.1) is 6.58 Å². The summed E-state index contributed by atoms with van der Waals surface area (Å²) in [5.74, 6) is 0.